The minimum atomic E-state index is -1.36. The van der Waals surface area contributed by atoms with Gasteiger partial charge in [-0.25, -0.2) is 0 Å². The quantitative estimate of drug-likeness (QED) is 0.677. The van der Waals surface area contributed by atoms with E-state index in [2.05, 4.69) is 0 Å². The molecule has 17 heavy (non-hydrogen) atoms. The third-order valence-corrected chi connectivity index (χ3v) is 2.62. The lowest BCUT2D eigenvalue weighted by atomic mass is 9.93. The Morgan fingerprint density at radius 2 is 1.71 bits per heavy atom. The van der Waals surface area contributed by atoms with Crippen molar-refractivity contribution in [3.05, 3.63) is 35.9 Å². The average molecular weight is 237 g/mol. The maximum atomic E-state index is 10.9. The van der Waals surface area contributed by atoms with E-state index in [0.717, 1.165) is 5.56 Å². The van der Waals surface area contributed by atoms with Gasteiger partial charge in [0, 0.05) is 0 Å². The number of aryl methyl sites for hydroxylation is 1. The van der Waals surface area contributed by atoms with Gasteiger partial charge in [-0.05, 0) is 18.4 Å². The van der Waals surface area contributed by atoms with Crippen LogP contribution in [0.25, 0.3) is 0 Å². The topological polar surface area (TPSA) is 101 Å². The van der Waals surface area contributed by atoms with E-state index < -0.39 is 23.9 Å². The Morgan fingerprint density at radius 3 is 2.18 bits per heavy atom. The molecule has 92 valence electrons. The molecule has 0 saturated heterocycles. The molecule has 5 heteroatoms. The zero-order valence-electron chi connectivity index (χ0n) is 9.24. The van der Waals surface area contributed by atoms with Crippen LogP contribution >= 0.6 is 0 Å². The molecule has 0 spiro atoms. The summed E-state index contributed by atoms with van der Waals surface area (Å²) in [5.41, 5.74) is 6.31. The van der Waals surface area contributed by atoms with E-state index in [4.69, 9.17) is 15.9 Å². The molecule has 0 fully saturated rings. The van der Waals surface area contributed by atoms with E-state index in [-0.39, 0.29) is 6.42 Å². The fraction of sp³-hybridized carbons (Fsp3) is 0.333. The van der Waals surface area contributed by atoms with E-state index in [0.29, 0.717) is 6.42 Å². The fourth-order valence-corrected chi connectivity index (χ4v) is 1.60. The minimum Gasteiger partial charge on any atom is -0.481 e. The highest BCUT2D eigenvalue weighted by atomic mass is 16.4. The SMILES string of the molecule is N[C@H](C(=O)O)C(CCc1ccccc1)C(=O)O. The van der Waals surface area contributed by atoms with Crippen molar-refractivity contribution >= 4 is 11.9 Å². The number of benzene rings is 1. The van der Waals surface area contributed by atoms with Crippen LogP contribution in [0.15, 0.2) is 30.3 Å². The summed E-state index contributed by atoms with van der Waals surface area (Å²) in [5.74, 6) is -3.52. The number of aliphatic carboxylic acids is 2. The number of carbonyl (C=O) groups is 2. The van der Waals surface area contributed by atoms with Gasteiger partial charge < -0.3 is 15.9 Å². The summed E-state index contributed by atoms with van der Waals surface area (Å²) >= 11 is 0. The molecule has 1 rings (SSSR count). The van der Waals surface area contributed by atoms with Crippen LogP contribution in [-0.2, 0) is 16.0 Å². The zero-order chi connectivity index (χ0) is 12.8. The second-order valence-electron chi connectivity index (χ2n) is 3.83. The number of rotatable bonds is 6. The highest BCUT2D eigenvalue weighted by molar-refractivity contribution is 5.82. The van der Waals surface area contributed by atoms with Gasteiger partial charge >= 0.3 is 11.9 Å². The fourth-order valence-electron chi connectivity index (χ4n) is 1.60. The van der Waals surface area contributed by atoms with Gasteiger partial charge in [0.2, 0.25) is 0 Å². The number of hydrogen-bond donors (Lipinski definition) is 3. The molecule has 0 heterocycles. The van der Waals surface area contributed by atoms with E-state index >= 15 is 0 Å². The first kappa shape index (κ1) is 13.2. The molecule has 0 radical (unpaired) electrons. The van der Waals surface area contributed by atoms with Gasteiger partial charge in [-0.15, -0.1) is 0 Å². The zero-order valence-corrected chi connectivity index (χ0v) is 9.24. The van der Waals surface area contributed by atoms with E-state index in [1.165, 1.54) is 0 Å². The lowest BCUT2D eigenvalue weighted by molar-refractivity contribution is -0.150. The molecule has 1 unspecified atom stereocenters. The maximum Gasteiger partial charge on any atom is 0.321 e. The molecular weight excluding hydrogens is 222 g/mol. The van der Waals surface area contributed by atoms with Crippen LogP contribution in [0, 0.1) is 5.92 Å². The Labute approximate surface area is 98.9 Å². The molecule has 0 saturated carbocycles. The minimum absolute atomic E-state index is 0.215. The summed E-state index contributed by atoms with van der Waals surface area (Å²) in [7, 11) is 0. The van der Waals surface area contributed by atoms with E-state index in [1.807, 2.05) is 30.3 Å². The summed E-state index contributed by atoms with van der Waals surface area (Å²) < 4.78 is 0. The largest absolute Gasteiger partial charge is 0.481 e. The Bertz CT molecular complexity index is 391. The highest BCUT2D eigenvalue weighted by Gasteiger charge is 2.29. The monoisotopic (exact) mass is 237 g/mol. The summed E-state index contributed by atoms with van der Waals surface area (Å²) in [4.78, 5) is 21.6. The average Bonchev–Trinajstić information content (AvgIpc) is 2.29. The van der Waals surface area contributed by atoms with Gasteiger partial charge in [0.25, 0.3) is 0 Å². The number of carboxylic acid groups (broad SMARTS) is 2. The van der Waals surface area contributed by atoms with Gasteiger partial charge in [0.05, 0.1) is 5.92 Å². The molecule has 0 aromatic heterocycles. The van der Waals surface area contributed by atoms with E-state index in [9.17, 15) is 9.59 Å². The smallest absolute Gasteiger partial charge is 0.321 e. The molecule has 0 aliphatic carbocycles. The summed E-state index contributed by atoms with van der Waals surface area (Å²) in [6.07, 6.45) is 0.714. The van der Waals surface area contributed by atoms with Crippen LogP contribution in [0.5, 0.6) is 0 Å². The van der Waals surface area contributed by atoms with Crippen LogP contribution in [-0.4, -0.2) is 28.2 Å². The van der Waals surface area contributed by atoms with Crippen LogP contribution in [0.3, 0.4) is 0 Å². The summed E-state index contributed by atoms with van der Waals surface area (Å²) in [6.45, 7) is 0. The molecule has 0 aliphatic rings. The lowest BCUT2D eigenvalue weighted by Crippen LogP contribution is -2.42. The maximum absolute atomic E-state index is 10.9. The normalized spacial score (nSPS) is 13.9. The predicted octanol–water partition coefficient (Wildman–Crippen LogP) is 0.732. The van der Waals surface area contributed by atoms with Crippen LogP contribution in [0.2, 0.25) is 0 Å². The third kappa shape index (κ3) is 3.88. The van der Waals surface area contributed by atoms with E-state index in [1.54, 1.807) is 0 Å². The molecule has 1 aromatic carbocycles. The van der Waals surface area contributed by atoms with Crippen molar-refractivity contribution in [2.75, 3.05) is 0 Å². The highest BCUT2D eigenvalue weighted by Crippen LogP contribution is 2.13. The van der Waals surface area contributed by atoms with Crippen LogP contribution < -0.4 is 5.73 Å². The molecule has 0 amide bonds. The first-order chi connectivity index (χ1) is 8.02. The molecule has 4 N–H and O–H groups in total. The molecule has 2 atom stereocenters. The Morgan fingerprint density at radius 1 is 1.12 bits per heavy atom. The standard InChI is InChI=1S/C12H15NO4/c13-10(12(16)17)9(11(14)15)7-6-8-4-2-1-3-5-8/h1-5,9-10H,6-7,13H2,(H,14,15)(H,16,17)/t9?,10-/m0/s1. The van der Waals surface area contributed by atoms with Crippen LogP contribution in [0.4, 0.5) is 0 Å². The Balaban J connectivity index is 2.63. The lowest BCUT2D eigenvalue weighted by Gasteiger charge is -2.16. The van der Waals surface area contributed by atoms with Crippen molar-refractivity contribution in [1.82, 2.24) is 0 Å². The number of nitrogens with two attached hydrogens (primary N) is 1. The van der Waals surface area contributed by atoms with Gasteiger partial charge in [-0.1, -0.05) is 30.3 Å². The van der Waals surface area contributed by atoms with Gasteiger partial charge in [0.1, 0.15) is 6.04 Å². The van der Waals surface area contributed by atoms with Crippen molar-refractivity contribution in [2.45, 2.75) is 18.9 Å². The molecule has 1 aromatic rings. The van der Waals surface area contributed by atoms with Crippen molar-refractivity contribution in [3.63, 3.8) is 0 Å². The molecule has 5 nitrogen and oxygen atoms in total. The molecule has 0 aliphatic heterocycles. The number of hydrogen-bond acceptors (Lipinski definition) is 3. The first-order valence-electron chi connectivity index (χ1n) is 5.27. The Kier molecular flexibility index (Phi) is 4.66. The predicted molar refractivity (Wildman–Crippen MR) is 61.5 cm³/mol. The van der Waals surface area contributed by atoms with Gasteiger partial charge in [0.15, 0.2) is 0 Å². The summed E-state index contributed by atoms with van der Waals surface area (Å²) in [6, 6.07) is 7.93. The van der Waals surface area contributed by atoms with Gasteiger partial charge in [-0.2, -0.15) is 0 Å². The molecular formula is C12H15NO4. The van der Waals surface area contributed by atoms with Crippen LogP contribution in [0.1, 0.15) is 12.0 Å². The van der Waals surface area contributed by atoms with Gasteiger partial charge in [-0.3, -0.25) is 9.59 Å². The summed E-state index contributed by atoms with van der Waals surface area (Å²) in [5, 5.41) is 17.6. The van der Waals surface area contributed by atoms with Crippen molar-refractivity contribution < 1.29 is 19.8 Å². The molecule has 0 bridgehead atoms. The number of carboxylic acids is 2. The third-order valence-electron chi connectivity index (χ3n) is 2.62. The second kappa shape index (κ2) is 6.00. The van der Waals surface area contributed by atoms with Crippen molar-refractivity contribution in [2.24, 2.45) is 11.7 Å². The first-order valence-corrected chi connectivity index (χ1v) is 5.27. The second-order valence-corrected chi connectivity index (χ2v) is 3.83. The van der Waals surface area contributed by atoms with Crippen molar-refractivity contribution in [1.29, 1.82) is 0 Å². The van der Waals surface area contributed by atoms with Crippen molar-refractivity contribution in [3.8, 4) is 0 Å². The Hall–Kier alpha value is -1.88.